The summed E-state index contributed by atoms with van der Waals surface area (Å²) in [7, 11) is 3.28. The zero-order valence-corrected chi connectivity index (χ0v) is 20.8. The summed E-state index contributed by atoms with van der Waals surface area (Å²) < 4.78 is 17.3. The van der Waals surface area contributed by atoms with Crippen molar-refractivity contribution in [3.63, 3.8) is 0 Å². The molecule has 2 heterocycles. The Labute approximate surface area is 212 Å². The molecule has 0 saturated carbocycles. The van der Waals surface area contributed by atoms with Gasteiger partial charge in [-0.1, -0.05) is 48.5 Å². The van der Waals surface area contributed by atoms with E-state index in [-0.39, 0.29) is 0 Å². The van der Waals surface area contributed by atoms with Crippen molar-refractivity contribution in [1.82, 2.24) is 14.9 Å². The van der Waals surface area contributed by atoms with Crippen LogP contribution < -0.4 is 14.2 Å². The van der Waals surface area contributed by atoms with Gasteiger partial charge in [0.05, 0.1) is 25.1 Å². The summed E-state index contributed by atoms with van der Waals surface area (Å²) in [5, 5.41) is 0.911. The molecule has 1 fully saturated rings. The van der Waals surface area contributed by atoms with Gasteiger partial charge in [-0.2, -0.15) is 4.98 Å². The van der Waals surface area contributed by atoms with E-state index >= 15 is 0 Å². The molecule has 184 valence electrons. The lowest BCUT2D eigenvalue weighted by Gasteiger charge is -2.16. The lowest BCUT2D eigenvalue weighted by molar-refractivity contribution is 0.233. The topological polar surface area (TPSA) is 56.7 Å². The fourth-order valence-corrected chi connectivity index (χ4v) is 4.55. The second-order valence-corrected chi connectivity index (χ2v) is 8.81. The maximum Gasteiger partial charge on any atom is 0.225 e. The molecule has 5 rings (SSSR count). The molecule has 1 aromatic heterocycles. The molecule has 3 aromatic carbocycles. The van der Waals surface area contributed by atoms with Crippen molar-refractivity contribution in [3.8, 4) is 17.4 Å². The highest BCUT2D eigenvalue weighted by Crippen LogP contribution is 2.34. The van der Waals surface area contributed by atoms with Crippen molar-refractivity contribution in [2.75, 3.05) is 40.5 Å². The molecule has 36 heavy (non-hydrogen) atoms. The molecule has 1 aliphatic heterocycles. The van der Waals surface area contributed by atoms with E-state index in [1.54, 1.807) is 14.2 Å². The Hall–Kier alpha value is -3.90. The van der Waals surface area contributed by atoms with Gasteiger partial charge in [0.15, 0.2) is 17.3 Å². The maximum absolute atomic E-state index is 6.27. The monoisotopic (exact) mass is 481 g/mol. The number of nitrogens with zero attached hydrogens (tertiary/aromatic N) is 3. The Morgan fingerprint density at radius 2 is 1.61 bits per heavy atom. The van der Waals surface area contributed by atoms with Gasteiger partial charge in [-0.15, -0.1) is 0 Å². The van der Waals surface area contributed by atoms with E-state index in [1.807, 2.05) is 60.7 Å². The SMILES string of the molecule is COc1ccc(/C(=C/c2ccccc2)c2nc(OCCN3CCCC3)c3ccccc3n2)cc1OC. The average molecular weight is 482 g/mol. The third kappa shape index (κ3) is 5.34. The molecule has 6 heteroatoms. The van der Waals surface area contributed by atoms with Crippen LogP contribution in [0.4, 0.5) is 0 Å². The van der Waals surface area contributed by atoms with Crippen molar-refractivity contribution in [1.29, 1.82) is 0 Å². The summed E-state index contributed by atoms with van der Waals surface area (Å²) in [5.41, 5.74) is 3.70. The molecule has 0 bridgehead atoms. The fourth-order valence-electron chi connectivity index (χ4n) is 4.55. The Morgan fingerprint density at radius 1 is 0.861 bits per heavy atom. The zero-order valence-electron chi connectivity index (χ0n) is 20.8. The second-order valence-electron chi connectivity index (χ2n) is 8.81. The number of hydrogen-bond donors (Lipinski definition) is 0. The third-order valence-electron chi connectivity index (χ3n) is 6.46. The van der Waals surface area contributed by atoms with Gasteiger partial charge in [0.2, 0.25) is 5.88 Å². The summed E-state index contributed by atoms with van der Waals surface area (Å²) in [4.78, 5) is 12.3. The molecular formula is C30H31N3O3. The predicted molar refractivity (Wildman–Crippen MR) is 144 cm³/mol. The number of methoxy groups -OCH3 is 2. The van der Waals surface area contributed by atoms with Crippen LogP contribution in [0.25, 0.3) is 22.6 Å². The van der Waals surface area contributed by atoms with Crippen LogP contribution in [0, 0.1) is 0 Å². The van der Waals surface area contributed by atoms with Crippen molar-refractivity contribution in [3.05, 3.63) is 89.7 Å². The molecule has 1 saturated heterocycles. The number of aromatic nitrogens is 2. The molecule has 0 aliphatic carbocycles. The van der Waals surface area contributed by atoms with Crippen molar-refractivity contribution >= 4 is 22.6 Å². The molecule has 0 amide bonds. The lowest BCUT2D eigenvalue weighted by atomic mass is 10.0. The van der Waals surface area contributed by atoms with Crippen LogP contribution in [-0.2, 0) is 0 Å². The largest absolute Gasteiger partial charge is 0.493 e. The molecule has 0 N–H and O–H groups in total. The minimum atomic E-state index is 0.592. The summed E-state index contributed by atoms with van der Waals surface area (Å²) in [5.74, 6) is 2.53. The number of para-hydroxylation sites is 1. The smallest absolute Gasteiger partial charge is 0.225 e. The van der Waals surface area contributed by atoms with Gasteiger partial charge in [0, 0.05) is 12.1 Å². The molecule has 0 radical (unpaired) electrons. The van der Waals surface area contributed by atoms with E-state index in [0.717, 1.165) is 47.2 Å². The molecule has 4 aromatic rings. The molecular weight excluding hydrogens is 450 g/mol. The second kappa shape index (κ2) is 11.2. The van der Waals surface area contributed by atoms with Gasteiger partial charge in [-0.25, -0.2) is 4.98 Å². The summed E-state index contributed by atoms with van der Waals surface area (Å²) in [6.07, 6.45) is 4.62. The van der Waals surface area contributed by atoms with Crippen LogP contribution in [0.1, 0.15) is 29.8 Å². The normalized spacial score (nSPS) is 14.2. The minimum Gasteiger partial charge on any atom is -0.493 e. The summed E-state index contributed by atoms with van der Waals surface area (Å²) in [6.45, 7) is 3.77. The van der Waals surface area contributed by atoms with Gasteiger partial charge in [0.25, 0.3) is 0 Å². The first-order valence-electron chi connectivity index (χ1n) is 12.4. The standard InChI is InChI=1S/C30H31N3O3/c1-34-27-15-14-23(21-28(27)35-2)25(20-22-10-4-3-5-11-22)29-31-26-13-7-6-12-24(26)30(32-29)36-19-18-33-16-8-9-17-33/h3-7,10-15,20-21H,8-9,16-19H2,1-2H3/b25-20-. The Morgan fingerprint density at radius 3 is 2.39 bits per heavy atom. The summed E-state index contributed by atoms with van der Waals surface area (Å²) >= 11 is 0. The molecule has 6 nitrogen and oxygen atoms in total. The first-order chi connectivity index (χ1) is 17.7. The van der Waals surface area contributed by atoms with Crippen LogP contribution in [-0.4, -0.2) is 55.3 Å². The highest BCUT2D eigenvalue weighted by molar-refractivity contribution is 5.92. The number of benzene rings is 3. The highest BCUT2D eigenvalue weighted by Gasteiger charge is 2.17. The van der Waals surface area contributed by atoms with Gasteiger partial charge in [-0.3, -0.25) is 4.90 Å². The van der Waals surface area contributed by atoms with Crippen LogP contribution in [0.2, 0.25) is 0 Å². The van der Waals surface area contributed by atoms with Gasteiger partial charge >= 0.3 is 0 Å². The zero-order chi connectivity index (χ0) is 24.7. The molecule has 1 aliphatic rings. The summed E-state index contributed by atoms with van der Waals surface area (Å²) in [6, 6.07) is 24.0. The van der Waals surface area contributed by atoms with Crippen molar-refractivity contribution < 1.29 is 14.2 Å². The molecule has 0 atom stereocenters. The van der Waals surface area contributed by atoms with Crippen molar-refractivity contribution in [2.45, 2.75) is 12.8 Å². The average Bonchev–Trinajstić information content (AvgIpc) is 3.45. The van der Waals surface area contributed by atoms with Gasteiger partial charge < -0.3 is 14.2 Å². The van der Waals surface area contributed by atoms with E-state index in [4.69, 9.17) is 24.2 Å². The van der Waals surface area contributed by atoms with Crippen LogP contribution in [0.15, 0.2) is 72.8 Å². The van der Waals surface area contributed by atoms with Crippen LogP contribution >= 0.6 is 0 Å². The minimum absolute atomic E-state index is 0.592. The first-order valence-corrected chi connectivity index (χ1v) is 12.4. The number of likely N-dealkylation sites (tertiary alicyclic amines) is 1. The van der Waals surface area contributed by atoms with E-state index in [0.29, 0.717) is 29.8 Å². The molecule has 0 unspecified atom stereocenters. The van der Waals surface area contributed by atoms with E-state index < -0.39 is 0 Å². The Kier molecular flexibility index (Phi) is 7.43. The maximum atomic E-state index is 6.27. The number of ether oxygens (including phenoxy) is 3. The number of fused-ring (bicyclic) bond motifs is 1. The Bertz CT molecular complexity index is 1350. The van der Waals surface area contributed by atoms with Gasteiger partial charge in [-0.05, 0) is 67.4 Å². The highest BCUT2D eigenvalue weighted by atomic mass is 16.5. The van der Waals surface area contributed by atoms with E-state index in [1.165, 1.54) is 12.8 Å². The predicted octanol–water partition coefficient (Wildman–Crippen LogP) is 5.71. The number of rotatable bonds is 9. The lowest BCUT2D eigenvalue weighted by Crippen LogP contribution is -2.25. The van der Waals surface area contributed by atoms with E-state index in [2.05, 4.69) is 23.1 Å². The Balaban J connectivity index is 1.59. The molecule has 0 spiro atoms. The van der Waals surface area contributed by atoms with Crippen LogP contribution in [0.5, 0.6) is 17.4 Å². The third-order valence-corrected chi connectivity index (χ3v) is 6.46. The first kappa shape index (κ1) is 23.8. The fraction of sp³-hybridized carbons (Fsp3) is 0.267. The van der Waals surface area contributed by atoms with Crippen molar-refractivity contribution in [2.24, 2.45) is 0 Å². The van der Waals surface area contributed by atoms with Crippen LogP contribution in [0.3, 0.4) is 0 Å². The van der Waals surface area contributed by atoms with Gasteiger partial charge in [0.1, 0.15) is 6.61 Å². The van der Waals surface area contributed by atoms with E-state index in [9.17, 15) is 0 Å². The quantitative estimate of drug-likeness (QED) is 0.286. The number of hydrogen-bond acceptors (Lipinski definition) is 6.